The van der Waals surface area contributed by atoms with E-state index < -0.39 is 55.6 Å². The number of halogens is 4. The Kier molecular flexibility index (Phi) is 4.79. The topological polar surface area (TPSA) is 83.5 Å². The van der Waals surface area contributed by atoms with Gasteiger partial charge in [0.05, 0.1) is 11.3 Å². The van der Waals surface area contributed by atoms with Crippen LogP contribution in [0.1, 0.15) is 5.56 Å². The van der Waals surface area contributed by atoms with Gasteiger partial charge >= 0.3 is 6.01 Å². The Morgan fingerprint density at radius 1 is 1.10 bits per heavy atom. The van der Waals surface area contributed by atoms with Crippen molar-refractivity contribution in [3.8, 4) is 23.5 Å². The Morgan fingerprint density at radius 2 is 1.83 bits per heavy atom. The zero-order valence-electron chi connectivity index (χ0n) is 14.5. The van der Waals surface area contributed by atoms with Crippen LogP contribution in [0, 0.1) is 28.8 Å². The molecule has 0 fully saturated rings. The van der Waals surface area contributed by atoms with Crippen LogP contribution in [0.3, 0.4) is 0 Å². The largest absolute Gasteiger partial charge is 0.422 e. The van der Waals surface area contributed by atoms with E-state index in [2.05, 4.69) is 8.13 Å². The summed E-state index contributed by atoms with van der Waals surface area (Å²) in [6.07, 6.45) is 0. The average Bonchev–Trinajstić information content (AvgIpc) is 3.08. The highest BCUT2D eigenvalue weighted by Crippen LogP contribution is 2.39. The number of nitrogens with zero attached hydrogens (tertiary/aromatic N) is 5. The highest BCUT2D eigenvalue weighted by Gasteiger charge is 2.26. The predicted molar refractivity (Wildman–Crippen MR) is 105 cm³/mol. The van der Waals surface area contributed by atoms with Crippen LogP contribution in [0.15, 0.2) is 44.3 Å². The molecule has 4 rings (SSSR count). The summed E-state index contributed by atoms with van der Waals surface area (Å²) >= 11 is -0.850. The Labute approximate surface area is 172 Å². The first-order chi connectivity index (χ1) is 13.9. The van der Waals surface area contributed by atoms with Crippen LogP contribution >= 0.6 is 21.3 Å². The molecular weight excluding hydrogens is 502 g/mol. The van der Waals surface area contributed by atoms with Crippen LogP contribution in [-0.2, 0) is 0 Å². The number of rotatable bonds is 3. The quantitative estimate of drug-likeness (QED) is 0.383. The van der Waals surface area contributed by atoms with Crippen molar-refractivity contribution >= 4 is 32.8 Å². The number of fused-ring (bicyclic) bond motifs is 1. The molecule has 7 nitrogen and oxygen atoms in total. The molecule has 0 saturated carbocycles. The summed E-state index contributed by atoms with van der Waals surface area (Å²) in [6, 6.07) is 8.20. The number of nitriles is 1. The molecule has 11 heteroatoms. The summed E-state index contributed by atoms with van der Waals surface area (Å²) in [5, 5.41) is 8.81. The second-order valence-electron chi connectivity index (χ2n) is 5.77. The van der Waals surface area contributed by atoms with Gasteiger partial charge in [0.1, 0.15) is 33.2 Å². The minimum atomic E-state index is -1.39. The number of hydrogen-bond acceptors (Lipinski definition) is 6. The second kappa shape index (κ2) is 7.28. The second-order valence-corrected chi connectivity index (χ2v) is 8.14. The third-order valence-corrected chi connectivity index (χ3v) is 5.79. The Bertz CT molecular complexity index is 1270. The van der Waals surface area contributed by atoms with E-state index in [1.165, 1.54) is 18.2 Å². The molecule has 0 amide bonds. The van der Waals surface area contributed by atoms with Crippen molar-refractivity contribution in [2.75, 3.05) is 10.2 Å². The molecule has 1 aromatic heterocycles. The number of hydrogen-bond donors (Lipinski definition) is 0. The first-order valence-electron chi connectivity index (χ1n) is 7.99. The van der Waals surface area contributed by atoms with Gasteiger partial charge in [-0.1, -0.05) is 0 Å². The summed E-state index contributed by atoms with van der Waals surface area (Å²) in [4.78, 5) is 17.2. The third kappa shape index (κ3) is 3.25. The van der Waals surface area contributed by atoms with Crippen molar-refractivity contribution in [1.29, 1.82) is 5.26 Å². The van der Waals surface area contributed by atoms with Gasteiger partial charge in [-0.2, -0.15) is 17.8 Å². The lowest BCUT2D eigenvalue weighted by atomic mass is 10.2. The lowest BCUT2D eigenvalue weighted by molar-refractivity contribution is 0.382. The van der Waals surface area contributed by atoms with Gasteiger partial charge in [-0.25, -0.2) is 13.3 Å². The minimum absolute atomic E-state index is 0.114. The van der Waals surface area contributed by atoms with Gasteiger partial charge in [0.2, 0.25) is 5.82 Å². The Balaban J connectivity index is 1.92. The van der Waals surface area contributed by atoms with E-state index in [4.69, 9.17) is 10.00 Å². The highest BCUT2D eigenvalue weighted by atomic mass is 127. The van der Waals surface area contributed by atoms with E-state index in [-0.39, 0.29) is 23.2 Å². The highest BCUT2D eigenvalue weighted by molar-refractivity contribution is 14.2. The predicted octanol–water partition coefficient (Wildman–Crippen LogP) is 4.46. The molecule has 146 valence electrons. The van der Waals surface area contributed by atoms with Gasteiger partial charge < -0.3 is 4.74 Å². The van der Waals surface area contributed by atoms with Crippen molar-refractivity contribution in [1.82, 2.24) is 9.55 Å². The fourth-order valence-electron chi connectivity index (χ4n) is 2.58. The monoisotopic (exact) mass is 511 g/mol. The maximum atomic E-state index is 14.3. The van der Waals surface area contributed by atoms with Crippen LogP contribution in [-0.4, -0.2) is 16.6 Å². The van der Waals surface area contributed by atoms with E-state index in [9.17, 15) is 18.0 Å². The van der Waals surface area contributed by atoms with Crippen LogP contribution in [0.25, 0.3) is 5.69 Å². The number of benzene rings is 2. The van der Waals surface area contributed by atoms with Crippen molar-refractivity contribution in [2.45, 2.75) is 0 Å². The van der Waals surface area contributed by atoms with Gasteiger partial charge in [0.15, 0.2) is 23.1 Å². The van der Waals surface area contributed by atoms with E-state index in [0.717, 1.165) is 28.8 Å². The molecule has 2 aromatic carbocycles. The normalized spacial score (nSPS) is 12.3. The van der Waals surface area contributed by atoms with E-state index >= 15 is 0 Å². The lowest BCUT2D eigenvalue weighted by Crippen LogP contribution is -2.22. The molecule has 0 atom stereocenters. The van der Waals surface area contributed by atoms with Crippen molar-refractivity contribution in [2.24, 2.45) is 3.15 Å². The Morgan fingerprint density at radius 3 is 2.52 bits per heavy atom. The third-order valence-electron chi connectivity index (χ3n) is 3.99. The number of aromatic nitrogens is 2. The summed E-state index contributed by atoms with van der Waals surface area (Å²) < 4.78 is 54.0. The fourth-order valence-corrected chi connectivity index (χ4v) is 4.08. The fraction of sp³-hybridized carbons (Fsp3) is 0.0556. The van der Waals surface area contributed by atoms with E-state index in [0.29, 0.717) is 0 Å². The van der Waals surface area contributed by atoms with Gasteiger partial charge in [-0.05, 0) is 36.4 Å². The molecule has 0 radical (unpaired) electrons. The molecule has 0 saturated heterocycles. The first kappa shape index (κ1) is 19.1. The van der Waals surface area contributed by atoms with Crippen molar-refractivity contribution < 1.29 is 17.9 Å². The van der Waals surface area contributed by atoms with Gasteiger partial charge in [-0.3, -0.25) is 7.91 Å². The smallest absolute Gasteiger partial charge is 0.311 e. The van der Waals surface area contributed by atoms with Crippen LogP contribution in [0.2, 0.25) is 0 Å². The zero-order chi connectivity index (χ0) is 20.7. The molecule has 3 aromatic rings. The first-order valence-corrected chi connectivity index (χ1v) is 9.92. The summed E-state index contributed by atoms with van der Waals surface area (Å²) in [5.41, 5.74) is -0.756. The number of anilines is 1. The standard InChI is InChI=1S/C18H9F3IN5O2/c1-26-16-15(25-22-26)17(28)27(11-5-3-10(19)4-6-11)18(24-16)29-12-7-2-9(8-23)13(20)14(12)21/h2-7H,1H3. The minimum Gasteiger partial charge on any atom is -0.422 e. The maximum absolute atomic E-state index is 14.3. The van der Waals surface area contributed by atoms with Crippen molar-refractivity contribution in [3.05, 3.63) is 69.8 Å². The SMILES string of the molecule is CN1I=Nc2c1nc(Oc1ccc(C#N)c(F)c1F)n(-c1ccc(F)cc1)c2=O. The summed E-state index contributed by atoms with van der Waals surface area (Å²) in [6.45, 7) is 0. The number of ether oxygens (including phenoxy) is 1. The summed E-state index contributed by atoms with van der Waals surface area (Å²) in [5.74, 6) is -3.59. The molecule has 1 aliphatic heterocycles. The van der Waals surface area contributed by atoms with Crippen LogP contribution in [0.5, 0.6) is 11.8 Å². The van der Waals surface area contributed by atoms with E-state index in [1.54, 1.807) is 10.2 Å². The van der Waals surface area contributed by atoms with Crippen LogP contribution < -0.4 is 13.4 Å². The summed E-state index contributed by atoms with van der Waals surface area (Å²) in [7, 11) is 1.70. The Hall–Kier alpha value is -3.27. The molecule has 29 heavy (non-hydrogen) atoms. The van der Waals surface area contributed by atoms with Gasteiger partial charge in [0.25, 0.3) is 5.56 Å². The van der Waals surface area contributed by atoms with Crippen LogP contribution in [0.4, 0.5) is 24.7 Å². The molecule has 0 bridgehead atoms. The van der Waals surface area contributed by atoms with E-state index in [1.807, 2.05) is 0 Å². The van der Waals surface area contributed by atoms with Crippen molar-refractivity contribution in [3.63, 3.8) is 0 Å². The molecule has 0 N–H and O–H groups in total. The molecule has 0 unspecified atom stereocenters. The maximum Gasteiger partial charge on any atom is 0.311 e. The lowest BCUT2D eigenvalue weighted by Gasteiger charge is -2.16. The molecule has 0 spiro atoms. The average molecular weight is 511 g/mol. The van der Waals surface area contributed by atoms with Gasteiger partial charge in [-0.15, -0.1) is 0 Å². The molecule has 1 aliphatic rings. The zero-order valence-corrected chi connectivity index (χ0v) is 16.7. The molecule has 0 aliphatic carbocycles. The molecular formula is C18H9F3IN5O2. The van der Waals surface area contributed by atoms with Gasteiger partial charge in [0, 0.05) is 7.05 Å². The molecule has 2 heterocycles.